The van der Waals surface area contributed by atoms with Crippen molar-refractivity contribution in [2.24, 2.45) is 10.9 Å². The molecule has 0 aromatic carbocycles. The number of nitrogens with two attached hydrogens (primary N) is 1. The largest absolute Gasteiger partial charge is 0.409 e. The standard InChI is InChI=1S/C9H17N5O2/c1-7-12-9(14-16-7)6-11-5-3-2-4-8(10)13-15/h11,15H,2-6H2,1H3,(H2,10,13). The summed E-state index contributed by atoms with van der Waals surface area (Å²) >= 11 is 0. The van der Waals surface area contributed by atoms with E-state index in [0.29, 0.717) is 24.7 Å². The molecule has 0 saturated carbocycles. The molecule has 0 atom stereocenters. The van der Waals surface area contributed by atoms with Gasteiger partial charge in [-0.25, -0.2) is 0 Å². The van der Waals surface area contributed by atoms with Gasteiger partial charge in [-0.15, -0.1) is 0 Å². The maximum atomic E-state index is 8.31. The van der Waals surface area contributed by atoms with E-state index in [1.54, 1.807) is 6.92 Å². The van der Waals surface area contributed by atoms with Crippen LogP contribution >= 0.6 is 0 Å². The summed E-state index contributed by atoms with van der Waals surface area (Å²) < 4.78 is 4.83. The number of amidine groups is 1. The number of aryl methyl sites for hydroxylation is 1. The van der Waals surface area contributed by atoms with Crippen LogP contribution in [0.5, 0.6) is 0 Å². The lowest BCUT2D eigenvalue weighted by atomic mass is 10.2. The smallest absolute Gasteiger partial charge is 0.223 e. The van der Waals surface area contributed by atoms with Gasteiger partial charge in [-0.05, 0) is 19.4 Å². The van der Waals surface area contributed by atoms with E-state index in [-0.39, 0.29) is 5.84 Å². The Balaban J connectivity index is 2.00. The normalized spacial score (nSPS) is 11.9. The Labute approximate surface area is 93.7 Å². The Kier molecular flexibility index (Phi) is 5.27. The summed E-state index contributed by atoms with van der Waals surface area (Å²) in [6, 6.07) is 0. The molecule has 7 heteroatoms. The molecule has 16 heavy (non-hydrogen) atoms. The fourth-order valence-electron chi connectivity index (χ4n) is 1.22. The summed E-state index contributed by atoms with van der Waals surface area (Å²) in [5.74, 6) is 1.51. The summed E-state index contributed by atoms with van der Waals surface area (Å²) in [6.45, 7) is 3.20. The van der Waals surface area contributed by atoms with Crippen LogP contribution in [-0.2, 0) is 6.54 Å². The number of hydrogen-bond acceptors (Lipinski definition) is 6. The fraction of sp³-hybridized carbons (Fsp3) is 0.667. The molecule has 1 aromatic heterocycles. The minimum atomic E-state index is 0.272. The van der Waals surface area contributed by atoms with E-state index in [2.05, 4.69) is 20.6 Å². The number of rotatable bonds is 7. The Morgan fingerprint density at radius 2 is 2.38 bits per heavy atom. The van der Waals surface area contributed by atoms with E-state index in [1.807, 2.05) is 0 Å². The lowest BCUT2D eigenvalue weighted by molar-refractivity contribution is 0.316. The van der Waals surface area contributed by atoms with Crippen LogP contribution in [-0.4, -0.2) is 27.7 Å². The second kappa shape index (κ2) is 6.78. The number of oxime groups is 1. The zero-order valence-electron chi connectivity index (χ0n) is 9.31. The van der Waals surface area contributed by atoms with Crippen LogP contribution in [0.1, 0.15) is 31.0 Å². The third kappa shape index (κ3) is 4.74. The molecule has 0 aliphatic heterocycles. The highest BCUT2D eigenvalue weighted by Crippen LogP contribution is 1.96. The van der Waals surface area contributed by atoms with Crippen LogP contribution in [0.2, 0.25) is 0 Å². The molecule has 0 aliphatic rings. The van der Waals surface area contributed by atoms with Gasteiger partial charge in [0.05, 0.1) is 6.54 Å². The van der Waals surface area contributed by atoms with Crippen LogP contribution in [0, 0.1) is 6.92 Å². The molecule has 7 nitrogen and oxygen atoms in total. The SMILES string of the molecule is Cc1nc(CNCCCCC(N)=NO)no1. The summed E-state index contributed by atoms with van der Waals surface area (Å²) in [4.78, 5) is 4.06. The highest BCUT2D eigenvalue weighted by Gasteiger charge is 2.00. The molecular formula is C9H17N5O2. The van der Waals surface area contributed by atoms with Gasteiger partial charge in [0.1, 0.15) is 5.84 Å². The van der Waals surface area contributed by atoms with E-state index < -0.39 is 0 Å². The van der Waals surface area contributed by atoms with Crippen molar-refractivity contribution < 1.29 is 9.73 Å². The predicted octanol–water partition coefficient (Wildman–Crippen LogP) is 0.384. The molecule has 1 aromatic rings. The summed E-state index contributed by atoms with van der Waals surface area (Å²) in [6.07, 6.45) is 2.45. The molecule has 0 fully saturated rings. The maximum Gasteiger partial charge on any atom is 0.223 e. The molecule has 4 N–H and O–H groups in total. The number of unbranched alkanes of at least 4 members (excludes halogenated alkanes) is 1. The van der Waals surface area contributed by atoms with Gasteiger partial charge < -0.3 is 20.8 Å². The molecule has 0 saturated heterocycles. The molecule has 0 spiro atoms. The number of nitrogens with one attached hydrogen (secondary N) is 1. The topological polar surface area (TPSA) is 110 Å². The highest BCUT2D eigenvalue weighted by atomic mass is 16.5. The van der Waals surface area contributed by atoms with E-state index in [9.17, 15) is 0 Å². The number of aromatic nitrogens is 2. The minimum Gasteiger partial charge on any atom is -0.409 e. The first-order chi connectivity index (χ1) is 7.72. The molecule has 90 valence electrons. The average molecular weight is 227 g/mol. The van der Waals surface area contributed by atoms with Gasteiger partial charge in [0, 0.05) is 13.3 Å². The van der Waals surface area contributed by atoms with Crippen molar-refractivity contribution >= 4 is 5.84 Å². The van der Waals surface area contributed by atoms with Crippen LogP contribution < -0.4 is 11.1 Å². The zero-order valence-corrected chi connectivity index (χ0v) is 9.31. The van der Waals surface area contributed by atoms with Gasteiger partial charge in [0.25, 0.3) is 0 Å². The molecule has 1 rings (SSSR count). The average Bonchev–Trinajstić information content (AvgIpc) is 2.69. The second-order valence-corrected chi connectivity index (χ2v) is 3.45. The first-order valence-corrected chi connectivity index (χ1v) is 5.18. The first kappa shape index (κ1) is 12.4. The van der Waals surface area contributed by atoms with Gasteiger partial charge in [0.15, 0.2) is 5.82 Å². The van der Waals surface area contributed by atoms with E-state index in [0.717, 1.165) is 19.4 Å². The lowest BCUT2D eigenvalue weighted by Gasteiger charge is -2.01. The van der Waals surface area contributed by atoms with Crippen LogP contribution in [0.15, 0.2) is 9.68 Å². The van der Waals surface area contributed by atoms with Crippen LogP contribution in [0.25, 0.3) is 0 Å². The molecule has 0 radical (unpaired) electrons. The van der Waals surface area contributed by atoms with Crippen LogP contribution in [0.4, 0.5) is 0 Å². The van der Waals surface area contributed by atoms with Crippen molar-refractivity contribution in [1.29, 1.82) is 0 Å². The molecule has 0 bridgehead atoms. The number of nitrogens with zero attached hydrogens (tertiary/aromatic N) is 3. The lowest BCUT2D eigenvalue weighted by Crippen LogP contribution is -2.17. The predicted molar refractivity (Wildman–Crippen MR) is 58.0 cm³/mol. The Hall–Kier alpha value is -1.63. The molecule has 0 unspecified atom stereocenters. The Morgan fingerprint density at radius 3 is 3.00 bits per heavy atom. The van der Waals surface area contributed by atoms with Crippen LogP contribution in [0.3, 0.4) is 0 Å². The van der Waals surface area contributed by atoms with Crippen molar-refractivity contribution in [3.63, 3.8) is 0 Å². The van der Waals surface area contributed by atoms with Crippen molar-refractivity contribution in [3.05, 3.63) is 11.7 Å². The van der Waals surface area contributed by atoms with Gasteiger partial charge in [0.2, 0.25) is 5.89 Å². The Bertz CT molecular complexity index is 336. The van der Waals surface area contributed by atoms with Crippen molar-refractivity contribution in [2.75, 3.05) is 6.54 Å². The maximum absolute atomic E-state index is 8.31. The molecule has 0 amide bonds. The van der Waals surface area contributed by atoms with Gasteiger partial charge in [-0.3, -0.25) is 0 Å². The summed E-state index contributed by atoms with van der Waals surface area (Å²) in [5, 5.41) is 18.1. The van der Waals surface area contributed by atoms with Gasteiger partial charge in [-0.1, -0.05) is 10.3 Å². The van der Waals surface area contributed by atoms with Gasteiger partial charge >= 0.3 is 0 Å². The highest BCUT2D eigenvalue weighted by molar-refractivity contribution is 5.79. The first-order valence-electron chi connectivity index (χ1n) is 5.18. The van der Waals surface area contributed by atoms with E-state index in [4.69, 9.17) is 15.5 Å². The van der Waals surface area contributed by atoms with Crippen molar-refractivity contribution in [2.45, 2.75) is 32.7 Å². The third-order valence-corrected chi connectivity index (χ3v) is 2.02. The summed E-state index contributed by atoms with van der Waals surface area (Å²) in [5.41, 5.74) is 5.33. The molecule has 0 aliphatic carbocycles. The quantitative estimate of drug-likeness (QED) is 0.204. The molecule has 1 heterocycles. The molecular weight excluding hydrogens is 210 g/mol. The Morgan fingerprint density at radius 1 is 1.56 bits per heavy atom. The summed E-state index contributed by atoms with van der Waals surface area (Å²) in [7, 11) is 0. The third-order valence-electron chi connectivity index (χ3n) is 2.02. The monoisotopic (exact) mass is 227 g/mol. The fourth-order valence-corrected chi connectivity index (χ4v) is 1.22. The van der Waals surface area contributed by atoms with Crippen molar-refractivity contribution in [1.82, 2.24) is 15.5 Å². The number of hydrogen-bond donors (Lipinski definition) is 3. The van der Waals surface area contributed by atoms with Gasteiger partial charge in [-0.2, -0.15) is 4.98 Å². The second-order valence-electron chi connectivity index (χ2n) is 3.45. The van der Waals surface area contributed by atoms with Crippen molar-refractivity contribution in [3.8, 4) is 0 Å². The zero-order chi connectivity index (χ0) is 11.8. The van der Waals surface area contributed by atoms with E-state index in [1.165, 1.54) is 0 Å². The minimum absolute atomic E-state index is 0.272. The van der Waals surface area contributed by atoms with E-state index >= 15 is 0 Å².